The standard InChI is InChI=1S/C17H18FN5.2ClH/c1-22(15-8-6-13(18)7-9-15)17-21-20-16(23(17)2)11-12-4-3-5-14(19)10-12;;/h3-10H,11,19H2,1-2H3;2*1H. The average Bonchev–Trinajstić information content (AvgIpc) is 2.88. The topological polar surface area (TPSA) is 60.0 Å². The van der Waals surface area contributed by atoms with Gasteiger partial charge in [0.1, 0.15) is 11.6 Å². The summed E-state index contributed by atoms with van der Waals surface area (Å²) in [6.07, 6.45) is 0.645. The Morgan fingerprint density at radius 1 is 1.08 bits per heavy atom. The molecule has 0 aliphatic rings. The highest BCUT2D eigenvalue weighted by atomic mass is 35.5. The number of aromatic nitrogens is 3. The van der Waals surface area contributed by atoms with Gasteiger partial charge in [-0.05, 0) is 42.0 Å². The van der Waals surface area contributed by atoms with Crippen LogP contribution in [0.2, 0.25) is 0 Å². The molecule has 0 saturated heterocycles. The molecule has 25 heavy (non-hydrogen) atoms. The largest absolute Gasteiger partial charge is 0.399 e. The van der Waals surface area contributed by atoms with Crippen LogP contribution in [0, 0.1) is 5.82 Å². The van der Waals surface area contributed by atoms with Crippen LogP contribution in [0.4, 0.5) is 21.7 Å². The molecule has 0 spiro atoms. The second-order valence-electron chi connectivity index (χ2n) is 5.43. The average molecular weight is 384 g/mol. The van der Waals surface area contributed by atoms with Crippen molar-refractivity contribution < 1.29 is 4.39 Å². The van der Waals surface area contributed by atoms with Gasteiger partial charge < -0.3 is 10.6 Å². The highest BCUT2D eigenvalue weighted by Gasteiger charge is 2.14. The first-order valence-corrected chi connectivity index (χ1v) is 7.26. The van der Waals surface area contributed by atoms with Crippen molar-refractivity contribution in [2.45, 2.75) is 6.42 Å². The Morgan fingerprint density at radius 3 is 2.40 bits per heavy atom. The van der Waals surface area contributed by atoms with Crippen molar-refractivity contribution in [1.29, 1.82) is 0 Å². The minimum absolute atomic E-state index is 0. The van der Waals surface area contributed by atoms with E-state index in [2.05, 4.69) is 10.2 Å². The zero-order chi connectivity index (χ0) is 16.4. The lowest BCUT2D eigenvalue weighted by molar-refractivity contribution is 0.628. The van der Waals surface area contributed by atoms with Gasteiger partial charge in [0, 0.05) is 31.9 Å². The number of rotatable bonds is 4. The van der Waals surface area contributed by atoms with Crippen molar-refractivity contribution in [3.8, 4) is 0 Å². The molecule has 0 saturated carbocycles. The van der Waals surface area contributed by atoms with E-state index >= 15 is 0 Å². The fourth-order valence-electron chi connectivity index (χ4n) is 2.46. The molecule has 0 unspecified atom stereocenters. The molecule has 0 aliphatic carbocycles. The van der Waals surface area contributed by atoms with Crippen molar-refractivity contribution in [2.24, 2.45) is 7.05 Å². The minimum Gasteiger partial charge on any atom is -0.399 e. The van der Waals surface area contributed by atoms with Gasteiger partial charge in [0.25, 0.3) is 0 Å². The number of halogens is 3. The van der Waals surface area contributed by atoms with Crippen molar-refractivity contribution in [3.63, 3.8) is 0 Å². The van der Waals surface area contributed by atoms with Crippen molar-refractivity contribution in [2.75, 3.05) is 17.7 Å². The lowest BCUT2D eigenvalue weighted by Gasteiger charge is -2.18. The van der Waals surface area contributed by atoms with E-state index < -0.39 is 0 Å². The van der Waals surface area contributed by atoms with Crippen LogP contribution in [-0.2, 0) is 13.5 Å². The lowest BCUT2D eigenvalue weighted by Crippen LogP contribution is -2.15. The van der Waals surface area contributed by atoms with Crippen molar-refractivity contribution >= 4 is 42.1 Å². The molecule has 0 bridgehead atoms. The molecule has 0 aliphatic heterocycles. The number of nitrogen functional groups attached to an aromatic ring is 1. The first-order chi connectivity index (χ1) is 11.0. The molecule has 8 heteroatoms. The van der Waals surface area contributed by atoms with E-state index in [1.54, 1.807) is 12.1 Å². The van der Waals surface area contributed by atoms with Crippen LogP contribution in [0.5, 0.6) is 0 Å². The van der Waals surface area contributed by atoms with Gasteiger partial charge in [0.2, 0.25) is 5.95 Å². The summed E-state index contributed by atoms with van der Waals surface area (Å²) >= 11 is 0. The summed E-state index contributed by atoms with van der Waals surface area (Å²) in [7, 11) is 3.79. The van der Waals surface area contributed by atoms with Gasteiger partial charge >= 0.3 is 0 Å². The molecule has 1 heterocycles. The summed E-state index contributed by atoms with van der Waals surface area (Å²) in [6.45, 7) is 0. The molecular weight excluding hydrogens is 364 g/mol. The maximum absolute atomic E-state index is 13.0. The SMILES string of the molecule is CN(c1ccc(F)cc1)c1nnc(Cc2cccc(N)c2)n1C.Cl.Cl. The van der Waals surface area contributed by atoms with Crippen LogP contribution in [0.25, 0.3) is 0 Å². The van der Waals surface area contributed by atoms with E-state index in [0.717, 1.165) is 22.8 Å². The zero-order valence-electron chi connectivity index (χ0n) is 13.9. The Balaban J connectivity index is 0.00000156. The van der Waals surface area contributed by atoms with Gasteiger partial charge in [0.05, 0.1) is 0 Å². The molecule has 2 aromatic carbocycles. The van der Waals surface area contributed by atoms with E-state index in [0.29, 0.717) is 12.4 Å². The second-order valence-corrected chi connectivity index (χ2v) is 5.43. The molecule has 5 nitrogen and oxygen atoms in total. The quantitative estimate of drug-likeness (QED) is 0.697. The Bertz CT molecular complexity index is 820. The summed E-state index contributed by atoms with van der Waals surface area (Å²) < 4.78 is 15.0. The number of anilines is 3. The Kier molecular flexibility index (Phi) is 7.21. The van der Waals surface area contributed by atoms with Gasteiger partial charge in [-0.1, -0.05) is 12.1 Å². The molecule has 0 fully saturated rings. The number of nitrogens with two attached hydrogens (primary N) is 1. The molecule has 134 valence electrons. The van der Waals surface area contributed by atoms with E-state index in [1.165, 1.54) is 12.1 Å². The van der Waals surface area contributed by atoms with Crippen molar-refractivity contribution in [3.05, 3.63) is 65.7 Å². The minimum atomic E-state index is -0.262. The highest BCUT2D eigenvalue weighted by Crippen LogP contribution is 2.22. The summed E-state index contributed by atoms with van der Waals surface area (Å²) in [4.78, 5) is 1.87. The number of hydrogen-bond acceptors (Lipinski definition) is 4. The third kappa shape index (κ3) is 4.61. The molecule has 3 rings (SSSR count). The zero-order valence-corrected chi connectivity index (χ0v) is 15.5. The summed E-state index contributed by atoms with van der Waals surface area (Å²) in [5.41, 5.74) is 8.47. The fourth-order valence-corrected chi connectivity index (χ4v) is 2.46. The van der Waals surface area contributed by atoms with Gasteiger partial charge in [-0.2, -0.15) is 0 Å². The summed E-state index contributed by atoms with van der Waals surface area (Å²) in [5.74, 6) is 1.26. The number of hydrogen-bond donors (Lipinski definition) is 1. The predicted octanol–water partition coefficient (Wildman–Crippen LogP) is 3.74. The Morgan fingerprint density at radius 2 is 1.76 bits per heavy atom. The van der Waals surface area contributed by atoms with Gasteiger partial charge in [-0.3, -0.25) is 4.57 Å². The van der Waals surface area contributed by atoms with Crippen LogP contribution in [0.1, 0.15) is 11.4 Å². The second kappa shape index (κ2) is 8.69. The molecule has 2 N–H and O–H groups in total. The van der Waals surface area contributed by atoms with Gasteiger partial charge in [-0.25, -0.2) is 4.39 Å². The van der Waals surface area contributed by atoms with Crippen LogP contribution < -0.4 is 10.6 Å². The lowest BCUT2D eigenvalue weighted by atomic mass is 10.1. The molecule has 3 aromatic rings. The third-order valence-electron chi connectivity index (χ3n) is 3.77. The maximum atomic E-state index is 13.0. The molecule has 1 aromatic heterocycles. The molecule has 0 amide bonds. The summed E-state index contributed by atoms with van der Waals surface area (Å²) in [6, 6.07) is 14.0. The monoisotopic (exact) mass is 383 g/mol. The number of nitrogens with zero attached hydrogens (tertiary/aromatic N) is 4. The maximum Gasteiger partial charge on any atom is 0.231 e. The Labute approximate surface area is 158 Å². The van der Waals surface area contributed by atoms with Crippen LogP contribution >= 0.6 is 24.8 Å². The fraction of sp³-hybridized carbons (Fsp3) is 0.176. The van der Waals surface area contributed by atoms with Crippen molar-refractivity contribution in [1.82, 2.24) is 14.8 Å². The molecule has 0 atom stereocenters. The first-order valence-electron chi connectivity index (χ1n) is 7.26. The summed E-state index contributed by atoms with van der Waals surface area (Å²) in [5, 5.41) is 8.51. The van der Waals surface area contributed by atoms with E-state index in [1.807, 2.05) is 47.8 Å². The third-order valence-corrected chi connectivity index (χ3v) is 3.77. The van der Waals surface area contributed by atoms with Gasteiger partial charge in [-0.15, -0.1) is 35.0 Å². The van der Waals surface area contributed by atoms with Crippen LogP contribution in [-0.4, -0.2) is 21.8 Å². The predicted molar refractivity (Wildman–Crippen MR) is 104 cm³/mol. The highest BCUT2D eigenvalue weighted by molar-refractivity contribution is 5.85. The van der Waals surface area contributed by atoms with Crippen LogP contribution in [0.3, 0.4) is 0 Å². The van der Waals surface area contributed by atoms with E-state index in [9.17, 15) is 4.39 Å². The smallest absolute Gasteiger partial charge is 0.231 e. The van der Waals surface area contributed by atoms with Crippen LogP contribution in [0.15, 0.2) is 48.5 Å². The van der Waals surface area contributed by atoms with Gasteiger partial charge in [0.15, 0.2) is 0 Å². The molecule has 0 radical (unpaired) electrons. The normalized spacial score (nSPS) is 9.88. The molecular formula is C17H20Cl2FN5. The Hall–Kier alpha value is -2.31. The first kappa shape index (κ1) is 20.7. The van der Waals surface area contributed by atoms with E-state index in [-0.39, 0.29) is 30.6 Å². The van der Waals surface area contributed by atoms with E-state index in [4.69, 9.17) is 5.73 Å². The number of benzene rings is 2.